The molecule has 0 radical (unpaired) electrons. The highest BCUT2D eigenvalue weighted by Crippen LogP contribution is 2.11. The van der Waals surface area contributed by atoms with Crippen LogP contribution in [0.5, 0.6) is 0 Å². The monoisotopic (exact) mass is 349 g/mol. The summed E-state index contributed by atoms with van der Waals surface area (Å²) in [6.07, 6.45) is 1.59. The number of carbonyl (C=O) groups is 2. The quantitative estimate of drug-likeness (QED) is 0.544. The summed E-state index contributed by atoms with van der Waals surface area (Å²) in [6.45, 7) is 0. The Kier molecular flexibility index (Phi) is 5.33. The van der Waals surface area contributed by atoms with Gasteiger partial charge in [-0.3, -0.25) is 9.59 Å². The Morgan fingerprint density at radius 1 is 0.840 bits per heavy atom. The number of nitrogens with one attached hydrogen (secondary N) is 2. The standard InChI is InChI=1S/C19H15N3O2S/c23-18(14-5-2-1-3-6-14)21-16-10-8-15(9-11-16)19(24)22-20-13-17-7-4-12-25-17/h1-13H,(H,21,23)(H,22,24). The van der Waals surface area contributed by atoms with Crippen LogP contribution in [-0.4, -0.2) is 18.0 Å². The van der Waals surface area contributed by atoms with E-state index in [4.69, 9.17) is 0 Å². The van der Waals surface area contributed by atoms with E-state index in [2.05, 4.69) is 15.8 Å². The summed E-state index contributed by atoms with van der Waals surface area (Å²) in [5.74, 6) is -0.507. The molecular formula is C19H15N3O2S. The molecule has 2 amide bonds. The zero-order chi connectivity index (χ0) is 17.5. The first-order valence-electron chi connectivity index (χ1n) is 7.56. The first-order chi connectivity index (χ1) is 12.2. The molecule has 0 aliphatic rings. The molecule has 3 aromatic rings. The van der Waals surface area contributed by atoms with Gasteiger partial charge < -0.3 is 5.32 Å². The summed E-state index contributed by atoms with van der Waals surface area (Å²) in [6, 6.07) is 19.4. The Morgan fingerprint density at radius 2 is 1.56 bits per heavy atom. The van der Waals surface area contributed by atoms with Crippen molar-refractivity contribution in [3.8, 4) is 0 Å². The summed E-state index contributed by atoms with van der Waals surface area (Å²) < 4.78 is 0. The molecule has 2 N–H and O–H groups in total. The van der Waals surface area contributed by atoms with Crippen molar-refractivity contribution in [2.24, 2.45) is 5.10 Å². The second-order valence-corrected chi connectivity index (χ2v) is 6.09. The zero-order valence-electron chi connectivity index (χ0n) is 13.2. The lowest BCUT2D eigenvalue weighted by molar-refractivity contribution is 0.0954. The van der Waals surface area contributed by atoms with E-state index in [9.17, 15) is 9.59 Å². The van der Waals surface area contributed by atoms with Crippen molar-refractivity contribution in [2.75, 3.05) is 5.32 Å². The molecule has 0 bridgehead atoms. The number of hydrogen-bond donors (Lipinski definition) is 2. The van der Waals surface area contributed by atoms with Crippen LogP contribution in [0.3, 0.4) is 0 Å². The normalized spacial score (nSPS) is 10.6. The van der Waals surface area contributed by atoms with Crippen LogP contribution in [0.1, 0.15) is 25.6 Å². The molecule has 6 heteroatoms. The molecule has 2 aromatic carbocycles. The maximum atomic E-state index is 12.1. The van der Waals surface area contributed by atoms with E-state index >= 15 is 0 Å². The summed E-state index contributed by atoms with van der Waals surface area (Å²) >= 11 is 1.54. The number of thiophene rings is 1. The third kappa shape index (κ3) is 4.62. The molecular weight excluding hydrogens is 334 g/mol. The molecule has 0 aliphatic heterocycles. The van der Waals surface area contributed by atoms with Gasteiger partial charge in [0.15, 0.2) is 0 Å². The average Bonchev–Trinajstić information content (AvgIpc) is 3.16. The molecule has 0 saturated heterocycles. The van der Waals surface area contributed by atoms with E-state index in [1.165, 1.54) is 11.3 Å². The highest BCUT2D eigenvalue weighted by Gasteiger charge is 2.07. The fourth-order valence-corrected chi connectivity index (χ4v) is 2.67. The van der Waals surface area contributed by atoms with Crippen molar-refractivity contribution < 1.29 is 9.59 Å². The van der Waals surface area contributed by atoms with Crippen LogP contribution in [-0.2, 0) is 0 Å². The molecule has 0 atom stereocenters. The lowest BCUT2D eigenvalue weighted by atomic mass is 10.2. The highest BCUT2D eigenvalue weighted by molar-refractivity contribution is 7.11. The maximum Gasteiger partial charge on any atom is 0.271 e. The second-order valence-electron chi connectivity index (χ2n) is 5.11. The van der Waals surface area contributed by atoms with Crippen molar-refractivity contribution in [2.45, 2.75) is 0 Å². The van der Waals surface area contributed by atoms with Crippen LogP contribution in [0.2, 0.25) is 0 Å². The van der Waals surface area contributed by atoms with Gasteiger partial charge in [0.25, 0.3) is 11.8 Å². The number of amides is 2. The van der Waals surface area contributed by atoms with Crippen molar-refractivity contribution in [1.29, 1.82) is 0 Å². The van der Waals surface area contributed by atoms with Gasteiger partial charge >= 0.3 is 0 Å². The van der Waals surface area contributed by atoms with E-state index in [0.29, 0.717) is 16.8 Å². The van der Waals surface area contributed by atoms with Crippen molar-refractivity contribution in [1.82, 2.24) is 5.43 Å². The van der Waals surface area contributed by atoms with Crippen LogP contribution >= 0.6 is 11.3 Å². The van der Waals surface area contributed by atoms with Gasteiger partial charge in [0.2, 0.25) is 0 Å². The summed E-state index contributed by atoms with van der Waals surface area (Å²) in [5.41, 5.74) is 4.13. The van der Waals surface area contributed by atoms with Gasteiger partial charge in [-0.15, -0.1) is 11.3 Å². The number of hydrogen-bond acceptors (Lipinski definition) is 4. The van der Waals surface area contributed by atoms with Gasteiger partial charge in [0.05, 0.1) is 6.21 Å². The predicted molar refractivity (Wildman–Crippen MR) is 100 cm³/mol. The lowest BCUT2D eigenvalue weighted by Gasteiger charge is -2.06. The number of anilines is 1. The molecule has 5 nitrogen and oxygen atoms in total. The van der Waals surface area contributed by atoms with E-state index < -0.39 is 0 Å². The Labute approximate surface area is 149 Å². The largest absolute Gasteiger partial charge is 0.322 e. The fourth-order valence-electron chi connectivity index (χ4n) is 2.08. The van der Waals surface area contributed by atoms with Gasteiger partial charge in [0, 0.05) is 21.7 Å². The Balaban J connectivity index is 1.58. The van der Waals surface area contributed by atoms with Gasteiger partial charge in [-0.05, 0) is 47.8 Å². The van der Waals surface area contributed by atoms with Gasteiger partial charge in [-0.1, -0.05) is 24.3 Å². The van der Waals surface area contributed by atoms with Crippen LogP contribution in [0.15, 0.2) is 77.2 Å². The third-order valence-corrected chi connectivity index (χ3v) is 4.15. The molecule has 3 rings (SSSR count). The molecule has 1 aromatic heterocycles. The number of hydrazone groups is 1. The van der Waals surface area contributed by atoms with Crippen LogP contribution in [0, 0.1) is 0 Å². The Hall–Kier alpha value is -3.25. The van der Waals surface area contributed by atoms with Crippen molar-refractivity contribution in [3.05, 3.63) is 88.1 Å². The highest BCUT2D eigenvalue weighted by atomic mass is 32.1. The van der Waals surface area contributed by atoms with E-state index in [1.807, 2.05) is 23.6 Å². The first kappa shape index (κ1) is 16.6. The minimum atomic E-state index is -0.311. The molecule has 0 unspecified atom stereocenters. The average molecular weight is 349 g/mol. The summed E-state index contributed by atoms with van der Waals surface area (Å²) in [7, 11) is 0. The van der Waals surface area contributed by atoms with Crippen LogP contribution in [0.25, 0.3) is 0 Å². The lowest BCUT2D eigenvalue weighted by Crippen LogP contribution is -2.17. The third-order valence-electron chi connectivity index (χ3n) is 3.34. The number of rotatable bonds is 5. The first-order valence-corrected chi connectivity index (χ1v) is 8.44. The van der Waals surface area contributed by atoms with Crippen molar-refractivity contribution >= 4 is 35.1 Å². The van der Waals surface area contributed by atoms with E-state index in [-0.39, 0.29) is 11.8 Å². The minimum absolute atomic E-state index is 0.196. The molecule has 0 aliphatic carbocycles. The smallest absolute Gasteiger partial charge is 0.271 e. The van der Waals surface area contributed by atoms with E-state index in [1.54, 1.807) is 54.7 Å². The second kappa shape index (κ2) is 8.03. The summed E-state index contributed by atoms with van der Waals surface area (Å²) in [5, 5.41) is 8.64. The molecule has 1 heterocycles. The van der Waals surface area contributed by atoms with Gasteiger partial charge in [-0.25, -0.2) is 5.43 Å². The predicted octanol–water partition coefficient (Wildman–Crippen LogP) is 3.76. The number of benzene rings is 2. The maximum absolute atomic E-state index is 12.1. The molecule has 0 saturated carbocycles. The Bertz CT molecular complexity index is 873. The SMILES string of the molecule is O=C(NN=Cc1cccs1)c1ccc(NC(=O)c2ccccc2)cc1. The number of nitrogens with zero attached hydrogens (tertiary/aromatic N) is 1. The van der Waals surface area contributed by atoms with Crippen LogP contribution in [0.4, 0.5) is 5.69 Å². The van der Waals surface area contributed by atoms with Gasteiger partial charge in [-0.2, -0.15) is 5.10 Å². The molecule has 0 spiro atoms. The van der Waals surface area contributed by atoms with E-state index in [0.717, 1.165) is 4.88 Å². The molecule has 25 heavy (non-hydrogen) atoms. The van der Waals surface area contributed by atoms with Crippen molar-refractivity contribution in [3.63, 3.8) is 0 Å². The molecule has 0 fully saturated rings. The van der Waals surface area contributed by atoms with Gasteiger partial charge in [0.1, 0.15) is 0 Å². The fraction of sp³-hybridized carbons (Fsp3) is 0. The summed E-state index contributed by atoms with van der Waals surface area (Å²) in [4.78, 5) is 25.1. The van der Waals surface area contributed by atoms with Crippen LogP contribution < -0.4 is 10.7 Å². The topological polar surface area (TPSA) is 70.6 Å². The zero-order valence-corrected chi connectivity index (χ0v) is 14.0. The minimum Gasteiger partial charge on any atom is -0.322 e. The Morgan fingerprint density at radius 3 is 2.24 bits per heavy atom. The number of carbonyl (C=O) groups excluding carboxylic acids is 2. The molecule has 124 valence electrons.